The van der Waals surface area contributed by atoms with E-state index in [1.807, 2.05) is 24.3 Å². The van der Waals surface area contributed by atoms with Crippen LogP contribution in [-0.2, 0) is 16.0 Å². The van der Waals surface area contributed by atoms with Crippen LogP contribution < -0.4 is 10.6 Å². The fourth-order valence-corrected chi connectivity index (χ4v) is 2.39. The number of ether oxygens (including phenoxy) is 1. The molecule has 0 aliphatic carbocycles. The number of benzene rings is 1. The second-order valence-electron chi connectivity index (χ2n) is 5.17. The molecule has 1 fully saturated rings. The van der Waals surface area contributed by atoms with Crippen molar-refractivity contribution in [1.29, 1.82) is 0 Å². The van der Waals surface area contributed by atoms with E-state index in [0.29, 0.717) is 11.9 Å². The molecule has 0 saturated carbocycles. The summed E-state index contributed by atoms with van der Waals surface area (Å²) in [5.74, 6) is 0.355. The molecule has 1 aliphatic rings. The van der Waals surface area contributed by atoms with Crippen LogP contribution >= 0.6 is 0 Å². The van der Waals surface area contributed by atoms with Crippen LogP contribution in [-0.4, -0.2) is 29.8 Å². The molecule has 0 bridgehead atoms. The quantitative estimate of drug-likeness (QED) is 0.816. The van der Waals surface area contributed by atoms with Crippen LogP contribution in [0.3, 0.4) is 0 Å². The molecule has 2 heterocycles. The minimum atomic E-state index is -0.258. The van der Waals surface area contributed by atoms with E-state index in [0.717, 1.165) is 30.6 Å². The number of esters is 1. The number of rotatable bonds is 5. The monoisotopic (exact) mass is 302 g/mol. The predicted molar refractivity (Wildman–Crippen MR) is 79.7 cm³/mol. The van der Waals surface area contributed by atoms with Crippen molar-refractivity contribution in [3.05, 3.63) is 35.7 Å². The van der Waals surface area contributed by atoms with E-state index in [2.05, 4.69) is 25.6 Å². The highest BCUT2D eigenvalue weighted by molar-refractivity contribution is 5.72. The Morgan fingerprint density at radius 2 is 2.23 bits per heavy atom. The fraction of sp³-hybridized carbons (Fsp3) is 0.400. The third-order valence-corrected chi connectivity index (χ3v) is 3.58. The van der Waals surface area contributed by atoms with E-state index in [-0.39, 0.29) is 18.4 Å². The molecule has 2 N–H and O–H groups in total. The number of nitrogens with one attached hydrogen (secondary N) is 2. The van der Waals surface area contributed by atoms with Crippen molar-refractivity contribution in [3.63, 3.8) is 0 Å². The molecular formula is C15H18N4O3. The Morgan fingerprint density at radius 3 is 2.91 bits per heavy atom. The van der Waals surface area contributed by atoms with Gasteiger partial charge in [-0.05, 0) is 37.1 Å². The summed E-state index contributed by atoms with van der Waals surface area (Å²) in [4.78, 5) is 11.2. The van der Waals surface area contributed by atoms with E-state index in [1.165, 1.54) is 7.11 Å². The molecule has 1 aromatic heterocycles. The zero-order chi connectivity index (χ0) is 15.4. The lowest BCUT2D eigenvalue weighted by Crippen LogP contribution is -2.12. The van der Waals surface area contributed by atoms with Crippen LogP contribution in [0.4, 0.5) is 11.7 Å². The molecule has 116 valence electrons. The molecule has 0 amide bonds. The van der Waals surface area contributed by atoms with Gasteiger partial charge in [0.2, 0.25) is 5.89 Å². The van der Waals surface area contributed by atoms with Gasteiger partial charge in [-0.1, -0.05) is 17.2 Å². The van der Waals surface area contributed by atoms with Gasteiger partial charge in [0.05, 0.1) is 19.6 Å². The van der Waals surface area contributed by atoms with Gasteiger partial charge in [0.15, 0.2) is 0 Å². The third kappa shape index (κ3) is 3.43. The minimum Gasteiger partial charge on any atom is -0.469 e. The van der Waals surface area contributed by atoms with Gasteiger partial charge < -0.3 is 19.8 Å². The van der Waals surface area contributed by atoms with Crippen LogP contribution in [0.2, 0.25) is 0 Å². The Balaban J connectivity index is 1.62. The van der Waals surface area contributed by atoms with E-state index in [4.69, 9.17) is 4.42 Å². The summed E-state index contributed by atoms with van der Waals surface area (Å²) in [5.41, 5.74) is 1.71. The number of hydrogen-bond donors (Lipinski definition) is 2. The molecule has 7 nitrogen and oxygen atoms in total. The van der Waals surface area contributed by atoms with Crippen molar-refractivity contribution in [2.75, 3.05) is 19.0 Å². The first-order chi connectivity index (χ1) is 10.7. The summed E-state index contributed by atoms with van der Waals surface area (Å²) in [5, 5.41) is 14.4. The second kappa shape index (κ2) is 6.57. The van der Waals surface area contributed by atoms with Crippen LogP contribution in [0.25, 0.3) is 0 Å². The average Bonchev–Trinajstić information content (AvgIpc) is 3.20. The smallest absolute Gasteiger partial charge is 0.320 e. The molecule has 1 saturated heterocycles. The summed E-state index contributed by atoms with van der Waals surface area (Å²) in [6.45, 7) is 0.984. The molecule has 1 aliphatic heterocycles. The number of nitrogens with zero attached hydrogens (tertiary/aromatic N) is 2. The Bertz CT molecular complexity index is 632. The van der Waals surface area contributed by atoms with E-state index >= 15 is 0 Å². The van der Waals surface area contributed by atoms with Gasteiger partial charge in [0.25, 0.3) is 0 Å². The zero-order valence-electron chi connectivity index (χ0n) is 12.3. The van der Waals surface area contributed by atoms with Gasteiger partial charge in [0, 0.05) is 5.69 Å². The van der Waals surface area contributed by atoms with Gasteiger partial charge in [-0.3, -0.25) is 4.79 Å². The standard InChI is InChI=1S/C15H18N4O3/c1-21-13(20)9-10-4-6-11(7-5-10)17-15-19-18-14(22-15)12-3-2-8-16-12/h4-7,12,16H,2-3,8-9H2,1H3,(H,17,19). The van der Waals surface area contributed by atoms with Crippen molar-refractivity contribution in [2.45, 2.75) is 25.3 Å². The molecule has 7 heteroatoms. The van der Waals surface area contributed by atoms with Gasteiger partial charge in [-0.25, -0.2) is 0 Å². The molecule has 0 spiro atoms. The SMILES string of the molecule is COC(=O)Cc1ccc(Nc2nnc(C3CCCN3)o2)cc1. The average molecular weight is 302 g/mol. The Morgan fingerprint density at radius 1 is 1.41 bits per heavy atom. The Hall–Kier alpha value is -2.41. The van der Waals surface area contributed by atoms with Crippen molar-refractivity contribution in [2.24, 2.45) is 0 Å². The summed E-state index contributed by atoms with van der Waals surface area (Å²) in [6.07, 6.45) is 2.40. The molecule has 1 aromatic carbocycles. The van der Waals surface area contributed by atoms with E-state index < -0.39 is 0 Å². The minimum absolute atomic E-state index is 0.158. The Labute approximate surface area is 128 Å². The number of carbonyl (C=O) groups excluding carboxylic acids is 1. The number of anilines is 2. The summed E-state index contributed by atoms with van der Waals surface area (Å²) >= 11 is 0. The van der Waals surface area contributed by atoms with Crippen molar-refractivity contribution in [1.82, 2.24) is 15.5 Å². The van der Waals surface area contributed by atoms with Crippen molar-refractivity contribution in [3.8, 4) is 0 Å². The van der Waals surface area contributed by atoms with Gasteiger partial charge in [0.1, 0.15) is 0 Å². The zero-order valence-corrected chi connectivity index (χ0v) is 12.3. The maximum absolute atomic E-state index is 11.2. The highest BCUT2D eigenvalue weighted by Gasteiger charge is 2.22. The fourth-order valence-electron chi connectivity index (χ4n) is 2.39. The summed E-state index contributed by atoms with van der Waals surface area (Å²) in [6, 6.07) is 7.95. The predicted octanol–water partition coefficient (Wildman–Crippen LogP) is 1.95. The number of aromatic nitrogens is 2. The molecule has 1 atom stereocenters. The van der Waals surface area contributed by atoms with Gasteiger partial charge in [-0.15, -0.1) is 5.10 Å². The van der Waals surface area contributed by atoms with Crippen LogP contribution in [0, 0.1) is 0 Å². The van der Waals surface area contributed by atoms with E-state index in [1.54, 1.807) is 0 Å². The van der Waals surface area contributed by atoms with Crippen LogP contribution in [0.1, 0.15) is 30.3 Å². The largest absolute Gasteiger partial charge is 0.469 e. The summed E-state index contributed by atoms with van der Waals surface area (Å²) in [7, 11) is 1.38. The maximum Gasteiger partial charge on any atom is 0.320 e. The number of carbonyl (C=O) groups is 1. The maximum atomic E-state index is 11.2. The normalized spacial score (nSPS) is 17.4. The highest BCUT2D eigenvalue weighted by atomic mass is 16.5. The first kappa shape index (κ1) is 14.5. The highest BCUT2D eigenvalue weighted by Crippen LogP contribution is 2.24. The van der Waals surface area contributed by atoms with Gasteiger partial charge >= 0.3 is 12.0 Å². The topological polar surface area (TPSA) is 89.3 Å². The first-order valence-corrected chi connectivity index (χ1v) is 7.24. The third-order valence-electron chi connectivity index (χ3n) is 3.58. The number of hydrogen-bond acceptors (Lipinski definition) is 7. The molecule has 22 heavy (non-hydrogen) atoms. The molecular weight excluding hydrogens is 284 g/mol. The van der Waals surface area contributed by atoms with Crippen LogP contribution in [0.5, 0.6) is 0 Å². The lowest BCUT2D eigenvalue weighted by molar-refractivity contribution is -0.139. The Kier molecular flexibility index (Phi) is 4.34. The lowest BCUT2D eigenvalue weighted by Gasteiger charge is -2.04. The second-order valence-corrected chi connectivity index (χ2v) is 5.17. The molecule has 0 radical (unpaired) electrons. The van der Waals surface area contributed by atoms with Crippen LogP contribution in [0.15, 0.2) is 28.7 Å². The molecule has 1 unspecified atom stereocenters. The number of methoxy groups -OCH3 is 1. The molecule has 2 aromatic rings. The van der Waals surface area contributed by atoms with Crippen molar-refractivity contribution < 1.29 is 13.9 Å². The molecule has 3 rings (SSSR count). The first-order valence-electron chi connectivity index (χ1n) is 7.24. The van der Waals surface area contributed by atoms with E-state index in [9.17, 15) is 4.79 Å². The lowest BCUT2D eigenvalue weighted by atomic mass is 10.1. The van der Waals surface area contributed by atoms with Crippen molar-refractivity contribution >= 4 is 17.7 Å². The van der Waals surface area contributed by atoms with Gasteiger partial charge in [-0.2, -0.15) is 0 Å². The summed E-state index contributed by atoms with van der Waals surface area (Å²) < 4.78 is 10.3.